The molecule has 0 aliphatic heterocycles. The van der Waals surface area contributed by atoms with Crippen LogP contribution in [-0.2, 0) is 10.0 Å². The Labute approximate surface area is 213 Å². The van der Waals surface area contributed by atoms with Crippen LogP contribution in [0.5, 0.6) is 0 Å². The molecule has 35 heavy (non-hydrogen) atoms. The summed E-state index contributed by atoms with van der Waals surface area (Å²) < 4.78 is 30.2. The average molecular weight is 515 g/mol. The molecule has 0 atom stereocenters. The van der Waals surface area contributed by atoms with E-state index in [1.54, 1.807) is 18.3 Å². The number of hydrogen-bond acceptors (Lipinski definition) is 5. The van der Waals surface area contributed by atoms with Gasteiger partial charge in [0.25, 0.3) is 10.0 Å². The van der Waals surface area contributed by atoms with Crippen molar-refractivity contribution in [1.29, 1.82) is 0 Å². The van der Waals surface area contributed by atoms with Crippen LogP contribution in [0.15, 0.2) is 125 Å². The largest absolute Gasteiger partial charge is 0.270 e. The second kappa shape index (κ2) is 10.1. The summed E-state index contributed by atoms with van der Waals surface area (Å²) in [4.78, 5) is 6.72. The lowest BCUT2D eigenvalue weighted by Crippen LogP contribution is -2.26. The van der Waals surface area contributed by atoms with E-state index < -0.39 is 10.0 Å². The molecule has 0 N–H and O–H groups in total. The molecule has 5 aromatic rings. The second-order valence-electron chi connectivity index (χ2n) is 7.85. The summed E-state index contributed by atoms with van der Waals surface area (Å²) in [6.45, 7) is 1.94. The maximum atomic E-state index is 14.0. The van der Waals surface area contributed by atoms with Gasteiger partial charge < -0.3 is 0 Å². The number of rotatable bonds is 7. The Hall–Kier alpha value is -3.39. The number of hydrogen-bond donors (Lipinski definition) is 0. The van der Waals surface area contributed by atoms with Crippen LogP contribution in [-0.4, -0.2) is 13.4 Å². The van der Waals surface area contributed by atoms with Gasteiger partial charge in [-0.15, -0.1) is 0 Å². The number of para-hydroxylation sites is 1. The summed E-state index contributed by atoms with van der Waals surface area (Å²) in [5.74, 6) is 0. The molecule has 174 valence electrons. The van der Waals surface area contributed by atoms with Gasteiger partial charge in [-0.2, -0.15) is 0 Å². The fraction of sp³-hybridized carbons (Fsp3) is 0.0357. The molecule has 4 aromatic carbocycles. The van der Waals surface area contributed by atoms with Gasteiger partial charge in [-0.25, -0.2) is 17.7 Å². The van der Waals surface area contributed by atoms with Gasteiger partial charge in [-0.05, 0) is 48.9 Å². The number of thiazole rings is 1. The summed E-state index contributed by atoms with van der Waals surface area (Å²) in [7, 11) is -3.92. The van der Waals surface area contributed by atoms with Crippen molar-refractivity contribution >= 4 is 53.4 Å². The van der Waals surface area contributed by atoms with E-state index in [1.807, 2.05) is 104 Å². The smallest absolute Gasteiger partial charge is 0.219 e. The molecule has 0 saturated carbocycles. The zero-order chi connectivity index (χ0) is 24.3. The first-order valence-electron chi connectivity index (χ1n) is 11.0. The second-order valence-corrected chi connectivity index (χ2v) is 11.8. The number of aromatic nitrogens is 1. The maximum Gasteiger partial charge on any atom is 0.270 e. The highest BCUT2D eigenvalue weighted by Gasteiger charge is 2.27. The van der Waals surface area contributed by atoms with Crippen LogP contribution in [0.1, 0.15) is 11.1 Å². The molecule has 0 aliphatic carbocycles. The summed E-state index contributed by atoms with van der Waals surface area (Å²) in [6.07, 6.45) is 1.69. The lowest BCUT2D eigenvalue weighted by Gasteiger charge is -2.20. The Balaban J connectivity index is 1.70. The van der Waals surface area contributed by atoms with Crippen LogP contribution in [0, 0.1) is 6.92 Å². The van der Waals surface area contributed by atoms with Crippen molar-refractivity contribution in [1.82, 2.24) is 4.98 Å². The summed E-state index contributed by atoms with van der Waals surface area (Å²) in [5.41, 5.74) is 2.68. The van der Waals surface area contributed by atoms with Crippen LogP contribution in [0.25, 0.3) is 15.1 Å². The van der Waals surface area contributed by atoms with Gasteiger partial charge in [-0.3, -0.25) is 0 Å². The zero-order valence-electron chi connectivity index (χ0n) is 18.9. The van der Waals surface area contributed by atoms with Crippen molar-refractivity contribution in [3.05, 3.63) is 127 Å². The fourth-order valence-corrected chi connectivity index (χ4v) is 6.97. The number of aryl methyl sites for hydroxylation is 1. The first-order chi connectivity index (χ1) is 17.0. The third-order valence-corrected chi connectivity index (χ3v) is 9.20. The van der Waals surface area contributed by atoms with Crippen molar-refractivity contribution in [2.24, 2.45) is 0 Å². The first-order valence-corrected chi connectivity index (χ1v) is 14.0. The Morgan fingerprint density at radius 1 is 0.829 bits per heavy atom. The molecule has 0 saturated heterocycles. The normalized spacial score (nSPS) is 12.1. The van der Waals surface area contributed by atoms with Crippen LogP contribution in [0.2, 0.25) is 0 Å². The molecule has 0 amide bonds. The molecule has 0 radical (unpaired) electrons. The molecule has 0 spiro atoms. The lowest BCUT2D eigenvalue weighted by atomic mass is 10.2. The van der Waals surface area contributed by atoms with Crippen LogP contribution >= 0.6 is 23.1 Å². The minimum Gasteiger partial charge on any atom is -0.219 e. The number of sulfonamides is 1. The van der Waals surface area contributed by atoms with Crippen LogP contribution in [0.3, 0.4) is 0 Å². The number of thioether (sulfide) groups is 1. The van der Waals surface area contributed by atoms with E-state index in [0.717, 1.165) is 31.1 Å². The van der Waals surface area contributed by atoms with E-state index in [1.165, 1.54) is 27.4 Å². The van der Waals surface area contributed by atoms with Gasteiger partial charge in [0.1, 0.15) is 0 Å². The van der Waals surface area contributed by atoms with E-state index in [9.17, 15) is 8.42 Å². The zero-order valence-corrected chi connectivity index (χ0v) is 21.4. The van der Waals surface area contributed by atoms with Gasteiger partial charge in [0, 0.05) is 16.0 Å². The summed E-state index contributed by atoms with van der Waals surface area (Å²) in [5, 5.41) is 0.397. The first kappa shape index (κ1) is 23.4. The number of nitrogens with zero attached hydrogens (tertiary/aromatic N) is 2. The van der Waals surface area contributed by atoms with E-state index in [-0.39, 0.29) is 4.90 Å². The average Bonchev–Trinajstić information content (AvgIpc) is 3.31. The minimum atomic E-state index is -3.92. The molecule has 1 heterocycles. The SMILES string of the molecule is Cc1ccc(S(=O)(=O)N(/C=C(\Sc2ccccc2)c2ccccc2)c2nc3ccccc3s2)cc1. The number of benzene rings is 4. The predicted octanol–water partition coefficient (Wildman–Crippen LogP) is 7.59. The molecule has 5 rings (SSSR count). The minimum absolute atomic E-state index is 0.218. The van der Waals surface area contributed by atoms with E-state index in [0.29, 0.717) is 5.13 Å². The molecule has 1 aromatic heterocycles. The molecular weight excluding hydrogens is 493 g/mol. The molecule has 4 nitrogen and oxygen atoms in total. The Morgan fingerprint density at radius 3 is 2.14 bits per heavy atom. The molecule has 0 aliphatic rings. The van der Waals surface area contributed by atoms with E-state index in [4.69, 9.17) is 0 Å². The predicted molar refractivity (Wildman–Crippen MR) is 147 cm³/mol. The van der Waals surface area contributed by atoms with Crippen molar-refractivity contribution in [3.63, 3.8) is 0 Å². The monoisotopic (exact) mass is 514 g/mol. The topological polar surface area (TPSA) is 50.3 Å². The molecule has 7 heteroatoms. The van der Waals surface area contributed by atoms with Crippen molar-refractivity contribution in [2.75, 3.05) is 4.31 Å². The lowest BCUT2D eigenvalue weighted by molar-refractivity contribution is 0.596. The molecule has 0 fully saturated rings. The van der Waals surface area contributed by atoms with E-state index in [2.05, 4.69) is 4.98 Å². The molecule has 0 unspecified atom stereocenters. The van der Waals surface area contributed by atoms with E-state index >= 15 is 0 Å². The Morgan fingerprint density at radius 2 is 1.46 bits per heavy atom. The number of anilines is 1. The highest BCUT2D eigenvalue weighted by molar-refractivity contribution is 8.08. The summed E-state index contributed by atoms with van der Waals surface area (Å²) in [6, 6.07) is 34.3. The third-order valence-electron chi connectivity index (χ3n) is 5.31. The Kier molecular flexibility index (Phi) is 6.72. The van der Waals surface area contributed by atoms with Crippen molar-refractivity contribution < 1.29 is 8.42 Å². The standard InChI is InChI=1S/C28H22N2O2S3/c1-21-16-18-24(19-17-21)35(31,32)30(28-29-25-14-8-9-15-26(25)34-28)20-27(22-10-4-2-5-11-22)33-23-12-6-3-7-13-23/h2-20H,1H3/b27-20-. The van der Waals surface area contributed by atoms with Crippen LogP contribution < -0.4 is 4.31 Å². The van der Waals surface area contributed by atoms with Crippen LogP contribution in [0.4, 0.5) is 5.13 Å². The van der Waals surface area contributed by atoms with Gasteiger partial charge >= 0.3 is 0 Å². The quantitative estimate of drug-likeness (QED) is 0.210. The number of fused-ring (bicyclic) bond motifs is 1. The highest BCUT2D eigenvalue weighted by Crippen LogP contribution is 2.38. The van der Waals surface area contributed by atoms with Crippen molar-refractivity contribution in [3.8, 4) is 0 Å². The molecule has 0 bridgehead atoms. The third kappa shape index (κ3) is 5.17. The van der Waals surface area contributed by atoms with Gasteiger partial charge in [0.05, 0.1) is 15.1 Å². The van der Waals surface area contributed by atoms with Gasteiger partial charge in [-0.1, -0.05) is 101 Å². The van der Waals surface area contributed by atoms with Gasteiger partial charge in [0.2, 0.25) is 5.13 Å². The Bertz CT molecular complexity index is 1550. The highest BCUT2D eigenvalue weighted by atomic mass is 32.2. The maximum absolute atomic E-state index is 14.0. The summed E-state index contributed by atoms with van der Waals surface area (Å²) >= 11 is 2.87. The fourth-order valence-electron chi connectivity index (χ4n) is 3.49. The molecular formula is C28H22N2O2S3. The van der Waals surface area contributed by atoms with Crippen molar-refractivity contribution in [2.45, 2.75) is 16.7 Å². The van der Waals surface area contributed by atoms with Gasteiger partial charge in [0.15, 0.2) is 0 Å².